The minimum absolute atomic E-state index is 0.270. The molecule has 0 radical (unpaired) electrons. The lowest BCUT2D eigenvalue weighted by atomic mass is 10.1. The molecular weight excluding hydrogens is 294 g/mol. The van der Waals surface area contributed by atoms with E-state index in [1.807, 2.05) is 42.5 Å². The standard InChI is InChI=1S/C18H17NO4/c20-12-17(23-13-18(21)19-22)16-10-8-15(9-11-16)7-6-14-4-2-1-3-5-14/h1-5,8-11,17,20,22H,12-13H2,(H,19,21)/t17-/m0/s1. The van der Waals surface area contributed by atoms with Gasteiger partial charge in [-0.3, -0.25) is 10.0 Å². The Bertz CT molecular complexity index is 686. The summed E-state index contributed by atoms with van der Waals surface area (Å²) in [5.41, 5.74) is 3.97. The highest BCUT2D eigenvalue weighted by Gasteiger charge is 2.12. The second kappa shape index (κ2) is 8.71. The fraction of sp³-hybridized carbons (Fsp3) is 0.167. The van der Waals surface area contributed by atoms with E-state index in [4.69, 9.17) is 9.94 Å². The molecule has 0 aliphatic carbocycles. The SMILES string of the molecule is O=C(CO[C@@H](CO)c1ccc(C#Cc2ccccc2)cc1)NO. The van der Waals surface area contributed by atoms with Crippen LogP contribution in [0.15, 0.2) is 54.6 Å². The Morgan fingerprint density at radius 3 is 2.22 bits per heavy atom. The van der Waals surface area contributed by atoms with Gasteiger partial charge >= 0.3 is 0 Å². The molecule has 2 rings (SSSR count). The highest BCUT2D eigenvalue weighted by Crippen LogP contribution is 2.17. The number of aliphatic hydroxyl groups excluding tert-OH is 1. The monoisotopic (exact) mass is 311 g/mol. The first-order valence-electron chi connectivity index (χ1n) is 7.05. The normalized spacial score (nSPS) is 11.2. The number of hydrogen-bond donors (Lipinski definition) is 3. The van der Waals surface area contributed by atoms with Crippen LogP contribution in [0.5, 0.6) is 0 Å². The number of aliphatic hydroxyl groups is 1. The van der Waals surface area contributed by atoms with E-state index in [-0.39, 0.29) is 13.2 Å². The maximum Gasteiger partial charge on any atom is 0.269 e. The Kier molecular flexibility index (Phi) is 6.33. The molecule has 0 saturated carbocycles. The molecule has 3 N–H and O–H groups in total. The van der Waals surface area contributed by atoms with Crippen LogP contribution in [-0.2, 0) is 9.53 Å². The molecule has 5 nitrogen and oxygen atoms in total. The zero-order valence-electron chi connectivity index (χ0n) is 12.4. The highest BCUT2D eigenvalue weighted by atomic mass is 16.5. The second-order valence-corrected chi connectivity index (χ2v) is 4.76. The summed E-state index contributed by atoms with van der Waals surface area (Å²) in [5.74, 6) is 5.44. The molecule has 0 aliphatic heterocycles. The third kappa shape index (κ3) is 5.24. The fourth-order valence-electron chi connectivity index (χ4n) is 1.91. The zero-order valence-corrected chi connectivity index (χ0v) is 12.4. The van der Waals surface area contributed by atoms with Gasteiger partial charge in [0, 0.05) is 11.1 Å². The van der Waals surface area contributed by atoms with Gasteiger partial charge in [0.05, 0.1) is 6.61 Å². The summed E-state index contributed by atoms with van der Waals surface area (Å²) in [7, 11) is 0. The van der Waals surface area contributed by atoms with Crippen LogP contribution in [0, 0.1) is 11.8 Å². The molecule has 23 heavy (non-hydrogen) atoms. The molecule has 0 heterocycles. The average molecular weight is 311 g/mol. The Morgan fingerprint density at radius 1 is 1.04 bits per heavy atom. The number of hydroxylamine groups is 1. The Morgan fingerprint density at radius 2 is 1.65 bits per heavy atom. The molecule has 118 valence electrons. The number of carbonyl (C=O) groups is 1. The minimum Gasteiger partial charge on any atom is -0.393 e. The van der Waals surface area contributed by atoms with Crippen molar-refractivity contribution in [2.45, 2.75) is 6.10 Å². The van der Waals surface area contributed by atoms with Crippen LogP contribution < -0.4 is 5.48 Å². The molecule has 2 aromatic carbocycles. The van der Waals surface area contributed by atoms with Gasteiger partial charge in [-0.1, -0.05) is 42.2 Å². The van der Waals surface area contributed by atoms with Crippen molar-refractivity contribution in [3.8, 4) is 11.8 Å². The molecule has 0 saturated heterocycles. The summed E-state index contributed by atoms with van der Waals surface area (Å²) in [6, 6.07) is 16.9. The number of carbonyl (C=O) groups excluding carboxylic acids is 1. The number of rotatable bonds is 5. The quantitative estimate of drug-likeness (QED) is 0.446. The van der Waals surface area contributed by atoms with Crippen molar-refractivity contribution >= 4 is 5.91 Å². The maximum atomic E-state index is 11.0. The van der Waals surface area contributed by atoms with Crippen LogP contribution in [0.25, 0.3) is 0 Å². The van der Waals surface area contributed by atoms with Gasteiger partial charge in [-0.25, -0.2) is 5.48 Å². The Hall–Kier alpha value is -2.65. The smallest absolute Gasteiger partial charge is 0.269 e. The summed E-state index contributed by atoms with van der Waals surface area (Å²) in [5, 5.41) is 17.8. The van der Waals surface area contributed by atoms with Crippen molar-refractivity contribution < 1.29 is 19.8 Å². The molecule has 0 bridgehead atoms. The van der Waals surface area contributed by atoms with E-state index >= 15 is 0 Å². The van der Waals surface area contributed by atoms with Crippen molar-refractivity contribution in [3.63, 3.8) is 0 Å². The van der Waals surface area contributed by atoms with Crippen LogP contribution in [-0.4, -0.2) is 29.4 Å². The molecule has 0 unspecified atom stereocenters. The zero-order chi connectivity index (χ0) is 16.5. The predicted octanol–water partition coefficient (Wildman–Crippen LogP) is 1.64. The van der Waals surface area contributed by atoms with Crippen LogP contribution >= 0.6 is 0 Å². The lowest BCUT2D eigenvalue weighted by molar-refractivity contribution is -0.137. The predicted molar refractivity (Wildman–Crippen MR) is 84.6 cm³/mol. The lowest BCUT2D eigenvalue weighted by Gasteiger charge is -2.15. The summed E-state index contributed by atoms with van der Waals surface area (Å²) in [6.07, 6.45) is -0.636. The van der Waals surface area contributed by atoms with Gasteiger partial charge in [-0.15, -0.1) is 0 Å². The number of nitrogens with one attached hydrogen (secondary N) is 1. The molecule has 1 atom stereocenters. The van der Waals surface area contributed by atoms with E-state index in [1.54, 1.807) is 12.1 Å². The van der Waals surface area contributed by atoms with Crippen LogP contribution in [0.4, 0.5) is 0 Å². The average Bonchev–Trinajstić information content (AvgIpc) is 2.62. The maximum absolute atomic E-state index is 11.0. The minimum atomic E-state index is -0.672. The van der Waals surface area contributed by atoms with Gasteiger partial charge in [0.15, 0.2) is 0 Å². The van der Waals surface area contributed by atoms with E-state index in [1.165, 1.54) is 5.48 Å². The van der Waals surface area contributed by atoms with Crippen LogP contribution in [0.1, 0.15) is 22.8 Å². The largest absolute Gasteiger partial charge is 0.393 e. The van der Waals surface area contributed by atoms with Gasteiger partial charge < -0.3 is 9.84 Å². The number of benzene rings is 2. The molecule has 2 aromatic rings. The third-order valence-electron chi connectivity index (χ3n) is 3.11. The molecule has 0 fully saturated rings. The van der Waals surface area contributed by atoms with E-state index in [0.29, 0.717) is 0 Å². The van der Waals surface area contributed by atoms with Gasteiger partial charge in [0.1, 0.15) is 12.7 Å². The van der Waals surface area contributed by atoms with Gasteiger partial charge in [-0.05, 0) is 29.8 Å². The number of amides is 1. The lowest BCUT2D eigenvalue weighted by Crippen LogP contribution is -2.25. The topological polar surface area (TPSA) is 78.8 Å². The van der Waals surface area contributed by atoms with Crippen LogP contribution in [0.2, 0.25) is 0 Å². The van der Waals surface area contributed by atoms with E-state index in [9.17, 15) is 9.90 Å². The molecule has 0 spiro atoms. The first kappa shape index (κ1) is 16.7. The summed E-state index contributed by atoms with van der Waals surface area (Å²) < 4.78 is 5.24. The van der Waals surface area contributed by atoms with E-state index in [2.05, 4.69) is 11.8 Å². The Labute approximate surface area is 134 Å². The Balaban J connectivity index is 2.03. The van der Waals surface area contributed by atoms with Crippen molar-refractivity contribution in [3.05, 3.63) is 71.3 Å². The van der Waals surface area contributed by atoms with Crippen molar-refractivity contribution in [2.75, 3.05) is 13.2 Å². The van der Waals surface area contributed by atoms with Crippen molar-refractivity contribution in [2.24, 2.45) is 0 Å². The van der Waals surface area contributed by atoms with Gasteiger partial charge in [-0.2, -0.15) is 0 Å². The first-order valence-corrected chi connectivity index (χ1v) is 7.05. The summed E-state index contributed by atoms with van der Waals surface area (Å²) in [4.78, 5) is 11.0. The summed E-state index contributed by atoms with van der Waals surface area (Å²) in [6.45, 7) is -0.606. The van der Waals surface area contributed by atoms with Crippen LogP contribution in [0.3, 0.4) is 0 Å². The third-order valence-corrected chi connectivity index (χ3v) is 3.11. The number of hydrogen-bond acceptors (Lipinski definition) is 4. The van der Waals surface area contributed by atoms with Gasteiger partial charge in [0.2, 0.25) is 0 Å². The van der Waals surface area contributed by atoms with E-state index in [0.717, 1.165) is 16.7 Å². The molecular formula is C18H17NO4. The fourth-order valence-corrected chi connectivity index (χ4v) is 1.91. The second-order valence-electron chi connectivity index (χ2n) is 4.76. The molecule has 0 aliphatic rings. The van der Waals surface area contributed by atoms with Gasteiger partial charge in [0.25, 0.3) is 5.91 Å². The molecule has 5 heteroatoms. The summed E-state index contributed by atoms with van der Waals surface area (Å²) >= 11 is 0. The molecule has 1 amide bonds. The number of ether oxygens (including phenoxy) is 1. The van der Waals surface area contributed by atoms with Crippen molar-refractivity contribution in [1.82, 2.24) is 5.48 Å². The molecule has 0 aromatic heterocycles. The highest BCUT2D eigenvalue weighted by molar-refractivity contribution is 5.75. The van der Waals surface area contributed by atoms with E-state index < -0.39 is 12.0 Å². The first-order chi connectivity index (χ1) is 11.2. The van der Waals surface area contributed by atoms with Crippen molar-refractivity contribution in [1.29, 1.82) is 0 Å².